The molecule has 7 nitrogen and oxygen atoms in total. The van der Waals surface area contributed by atoms with Crippen molar-refractivity contribution in [3.8, 4) is 0 Å². The summed E-state index contributed by atoms with van der Waals surface area (Å²) in [5.41, 5.74) is -0.934. The number of hydrogen-bond donors (Lipinski definition) is 1. The number of anilines is 1. The number of hydrogen-bond acceptors (Lipinski definition) is 4. The van der Waals surface area contributed by atoms with Crippen molar-refractivity contribution in [1.29, 1.82) is 0 Å². The average molecular weight is 506 g/mol. The van der Waals surface area contributed by atoms with Crippen LogP contribution in [0, 0.1) is 0 Å². The monoisotopic (exact) mass is 505 g/mol. The second kappa shape index (κ2) is 10.4. The molecule has 1 unspecified atom stereocenters. The van der Waals surface area contributed by atoms with Gasteiger partial charge in [0, 0.05) is 13.6 Å². The highest BCUT2D eigenvalue weighted by atomic mass is 35.5. The Morgan fingerprint density at radius 2 is 1.73 bits per heavy atom. The number of rotatable bonds is 8. The van der Waals surface area contributed by atoms with E-state index in [0.717, 1.165) is 23.3 Å². The highest BCUT2D eigenvalue weighted by Gasteiger charge is 2.35. The molecule has 0 spiro atoms. The molecule has 12 heteroatoms. The number of carbonyl (C=O) groups excluding carboxylic acids is 2. The van der Waals surface area contributed by atoms with Crippen LogP contribution in [-0.2, 0) is 32.3 Å². The predicted molar refractivity (Wildman–Crippen MR) is 119 cm³/mol. The van der Waals surface area contributed by atoms with Gasteiger partial charge in [0.1, 0.15) is 12.6 Å². The molecular formula is C21H23ClF3N3O4S. The highest BCUT2D eigenvalue weighted by Crippen LogP contribution is 2.37. The minimum atomic E-state index is -4.83. The lowest BCUT2D eigenvalue weighted by Gasteiger charge is -2.31. The van der Waals surface area contributed by atoms with Crippen LogP contribution in [0.5, 0.6) is 0 Å². The molecule has 0 heterocycles. The molecule has 1 N–H and O–H groups in total. The summed E-state index contributed by atoms with van der Waals surface area (Å²) in [6.07, 6.45) is -4.06. The number of alkyl halides is 3. The van der Waals surface area contributed by atoms with Crippen LogP contribution in [0.4, 0.5) is 18.9 Å². The van der Waals surface area contributed by atoms with Crippen molar-refractivity contribution in [3.63, 3.8) is 0 Å². The van der Waals surface area contributed by atoms with Gasteiger partial charge in [-0.1, -0.05) is 41.9 Å². The van der Waals surface area contributed by atoms with Gasteiger partial charge in [-0.05, 0) is 30.7 Å². The fourth-order valence-electron chi connectivity index (χ4n) is 3.07. The Hall–Kier alpha value is -2.79. The number of nitrogens with one attached hydrogen (secondary N) is 1. The molecule has 0 radical (unpaired) electrons. The van der Waals surface area contributed by atoms with Gasteiger partial charge in [-0.15, -0.1) is 0 Å². The van der Waals surface area contributed by atoms with Crippen molar-refractivity contribution < 1.29 is 31.2 Å². The Morgan fingerprint density at radius 1 is 1.12 bits per heavy atom. The molecule has 2 aromatic rings. The van der Waals surface area contributed by atoms with Gasteiger partial charge in [0.2, 0.25) is 21.8 Å². The van der Waals surface area contributed by atoms with E-state index in [9.17, 15) is 31.2 Å². The van der Waals surface area contributed by atoms with Crippen molar-refractivity contribution in [1.82, 2.24) is 10.2 Å². The first-order chi connectivity index (χ1) is 15.3. The van der Waals surface area contributed by atoms with E-state index in [0.29, 0.717) is 15.9 Å². The smallest absolute Gasteiger partial charge is 0.357 e. The van der Waals surface area contributed by atoms with Gasteiger partial charge in [-0.3, -0.25) is 13.9 Å². The molecular weight excluding hydrogens is 483 g/mol. The number of sulfonamides is 1. The van der Waals surface area contributed by atoms with Crippen molar-refractivity contribution in [2.45, 2.75) is 25.7 Å². The van der Waals surface area contributed by atoms with Crippen molar-refractivity contribution in [3.05, 3.63) is 64.7 Å². The fourth-order valence-corrected chi connectivity index (χ4v) is 4.14. The van der Waals surface area contributed by atoms with Crippen LogP contribution in [-0.4, -0.2) is 51.0 Å². The van der Waals surface area contributed by atoms with Gasteiger partial charge in [0.25, 0.3) is 0 Å². The maximum absolute atomic E-state index is 13.3. The summed E-state index contributed by atoms with van der Waals surface area (Å²) in [6.45, 7) is 0.640. The molecule has 1 atom stereocenters. The number of benzene rings is 2. The molecule has 2 amide bonds. The Labute approximate surface area is 195 Å². The lowest BCUT2D eigenvalue weighted by atomic mass is 10.1. The standard InChI is InChI=1S/C21H23ClF3N3O4S/c1-14(20(30)26-2)27(12-15-7-5-4-6-8-15)19(29)13-28(33(3,31)32)16-9-10-18(22)17(11-16)21(23,24)25/h4-11,14H,12-13H2,1-3H3,(H,26,30). The van der Waals surface area contributed by atoms with Crippen molar-refractivity contribution in [2.24, 2.45) is 0 Å². The van der Waals surface area contributed by atoms with E-state index in [1.54, 1.807) is 30.3 Å². The summed E-state index contributed by atoms with van der Waals surface area (Å²) in [5, 5.41) is 1.82. The van der Waals surface area contributed by atoms with Gasteiger partial charge in [0.05, 0.1) is 22.5 Å². The van der Waals surface area contributed by atoms with Gasteiger partial charge in [-0.2, -0.15) is 13.2 Å². The van der Waals surface area contributed by atoms with Crippen LogP contribution >= 0.6 is 11.6 Å². The van der Waals surface area contributed by atoms with Gasteiger partial charge < -0.3 is 10.2 Å². The Kier molecular flexibility index (Phi) is 8.36. The Morgan fingerprint density at radius 3 is 2.24 bits per heavy atom. The summed E-state index contributed by atoms with van der Waals surface area (Å²) in [6, 6.07) is 10.3. The van der Waals surface area contributed by atoms with E-state index in [1.807, 2.05) is 0 Å². The molecule has 33 heavy (non-hydrogen) atoms. The third-order valence-corrected chi connectivity index (χ3v) is 6.30. The lowest BCUT2D eigenvalue weighted by molar-refractivity contribution is -0.139. The zero-order chi connectivity index (χ0) is 25.0. The van der Waals surface area contributed by atoms with Crippen molar-refractivity contribution >= 4 is 39.1 Å². The number of amides is 2. The third-order valence-electron chi connectivity index (χ3n) is 4.83. The molecule has 180 valence electrons. The maximum Gasteiger partial charge on any atom is 0.417 e. The SMILES string of the molecule is CNC(=O)C(C)N(Cc1ccccc1)C(=O)CN(c1ccc(Cl)c(C(F)(F)F)c1)S(C)(=O)=O. The molecule has 0 aromatic heterocycles. The summed E-state index contributed by atoms with van der Waals surface area (Å²) in [5.74, 6) is -1.26. The molecule has 0 bridgehead atoms. The molecule has 0 fully saturated rings. The Balaban J connectivity index is 2.46. The van der Waals surface area contributed by atoms with Gasteiger partial charge >= 0.3 is 6.18 Å². The summed E-state index contributed by atoms with van der Waals surface area (Å²) >= 11 is 5.63. The molecule has 2 rings (SSSR count). The van der Waals surface area contributed by atoms with Crippen LogP contribution in [0.2, 0.25) is 5.02 Å². The van der Waals surface area contributed by atoms with Crippen LogP contribution in [0.15, 0.2) is 48.5 Å². The van der Waals surface area contributed by atoms with Crippen LogP contribution in [0.3, 0.4) is 0 Å². The fraction of sp³-hybridized carbons (Fsp3) is 0.333. The van der Waals surface area contributed by atoms with Gasteiger partial charge in [-0.25, -0.2) is 8.42 Å². The highest BCUT2D eigenvalue weighted by molar-refractivity contribution is 7.92. The van der Waals surface area contributed by atoms with Gasteiger partial charge in [0.15, 0.2) is 0 Å². The second-order valence-electron chi connectivity index (χ2n) is 7.23. The topological polar surface area (TPSA) is 86.8 Å². The van der Waals surface area contributed by atoms with E-state index >= 15 is 0 Å². The van der Waals surface area contributed by atoms with Crippen LogP contribution in [0.1, 0.15) is 18.1 Å². The van der Waals surface area contributed by atoms with E-state index in [-0.39, 0.29) is 12.2 Å². The first-order valence-electron chi connectivity index (χ1n) is 9.65. The molecule has 0 saturated heterocycles. The molecule has 2 aromatic carbocycles. The molecule has 0 aliphatic carbocycles. The zero-order valence-corrected chi connectivity index (χ0v) is 19.6. The molecule has 0 saturated carbocycles. The van der Waals surface area contributed by atoms with E-state index in [2.05, 4.69) is 5.32 Å². The largest absolute Gasteiger partial charge is 0.417 e. The first kappa shape index (κ1) is 26.5. The number of likely N-dealkylation sites (N-methyl/N-ethyl adjacent to an activating group) is 1. The first-order valence-corrected chi connectivity index (χ1v) is 11.9. The van der Waals surface area contributed by atoms with E-state index in [1.165, 1.54) is 14.0 Å². The maximum atomic E-state index is 13.3. The third kappa shape index (κ3) is 6.84. The number of carbonyl (C=O) groups is 2. The molecule has 0 aliphatic heterocycles. The van der Waals surface area contributed by atoms with Crippen LogP contribution < -0.4 is 9.62 Å². The number of nitrogens with zero attached hydrogens (tertiary/aromatic N) is 2. The zero-order valence-electron chi connectivity index (χ0n) is 18.1. The number of halogens is 4. The quantitative estimate of drug-likeness (QED) is 0.596. The Bertz CT molecular complexity index is 1110. The lowest BCUT2D eigenvalue weighted by Crippen LogP contribution is -2.50. The minimum absolute atomic E-state index is 0.0136. The summed E-state index contributed by atoms with van der Waals surface area (Å²) in [4.78, 5) is 26.6. The van der Waals surface area contributed by atoms with E-state index < -0.39 is 51.2 Å². The summed E-state index contributed by atoms with van der Waals surface area (Å²) in [7, 11) is -2.78. The normalized spacial score (nSPS) is 12.7. The van der Waals surface area contributed by atoms with E-state index in [4.69, 9.17) is 11.6 Å². The van der Waals surface area contributed by atoms with Crippen molar-refractivity contribution in [2.75, 3.05) is 24.2 Å². The predicted octanol–water partition coefficient (Wildman–Crippen LogP) is 3.29. The minimum Gasteiger partial charge on any atom is -0.357 e. The summed E-state index contributed by atoms with van der Waals surface area (Å²) < 4.78 is 65.2. The average Bonchev–Trinajstić information content (AvgIpc) is 2.74. The second-order valence-corrected chi connectivity index (χ2v) is 9.54. The van der Waals surface area contributed by atoms with Crippen LogP contribution in [0.25, 0.3) is 0 Å². The molecule has 0 aliphatic rings.